The molecule has 1 heterocycles. The van der Waals surface area contributed by atoms with Gasteiger partial charge in [-0.3, -0.25) is 0 Å². The Hall–Kier alpha value is -2.63. The summed E-state index contributed by atoms with van der Waals surface area (Å²) in [5, 5.41) is 13.9. The number of rotatable bonds is 7. The highest BCUT2D eigenvalue weighted by atomic mass is 16.5. The van der Waals surface area contributed by atoms with Crippen LogP contribution in [0.5, 0.6) is 5.75 Å². The van der Waals surface area contributed by atoms with Gasteiger partial charge in [-0.2, -0.15) is 0 Å². The molecule has 1 atom stereocenters. The highest BCUT2D eigenvalue weighted by Crippen LogP contribution is 2.24. The summed E-state index contributed by atoms with van der Waals surface area (Å²) in [6.45, 7) is 4.66. The van der Waals surface area contributed by atoms with Crippen LogP contribution in [0.15, 0.2) is 63.8 Å². The predicted octanol–water partition coefficient (Wildman–Crippen LogP) is 3.20. The molecule has 5 nitrogen and oxygen atoms in total. The average molecular weight is 353 g/mol. The van der Waals surface area contributed by atoms with Crippen LogP contribution in [0.2, 0.25) is 0 Å². The SMILES string of the molecule is CC(C)NCC(O)COc1ccc2cc(-c3ccccc3)c(=O)oc2c1. The number of ether oxygens (including phenoxy) is 1. The third kappa shape index (κ3) is 4.50. The molecular formula is C21H23NO4. The Morgan fingerprint density at radius 1 is 1.12 bits per heavy atom. The van der Waals surface area contributed by atoms with Crippen LogP contribution >= 0.6 is 0 Å². The molecule has 0 aliphatic heterocycles. The van der Waals surface area contributed by atoms with Gasteiger partial charge in [0.25, 0.3) is 0 Å². The molecule has 0 aliphatic carbocycles. The standard InChI is InChI=1S/C21H23NO4/c1-14(2)22-12-17(23)13-25-18-9-8-16-10-19(15-6-4-3-5-7-15)21(24)26-20(16)11-18/h3-11,14,17,22-23H,12-13H2,1-2H3. The second kappa shape index (κ2) is 8.17. The summed E-state index contributed by atoms with van der Waals surface area (Å²) in [5.74, 6) is 0.553. The lowest BCUT2D eigenvalue weighted by molar-refractivity contribution is 0.104. The summed E-state index contributed by atoms with van der Waals surface area (Å²) < 4.78 is 11.1. The van der Waals surface area contributed by atoms with Gasteiger partial charge in [0.1, 0.15) is 24.0 Å². The summed E-state index contributed by atoms with van der Waals surface area (Å²) >= 11 is 0. The Bertz CT molecular complexity index is 918. The number of nitrogens with one attached hydrogen (secondary N) is 1. The lowest BCUT2D eigenvalue weighted by Crippen LogP contribution is -2.35. The molecule has 2 aromatic carbocycles. The van der Waals surface area contributed by atoms with Crippen molar-refractivity contribution in [2.75, 3.05) is 13.2 Å². The quantitative estimate of drug-likeness (QED) is 0.638. The van der Waals surface area contributed by atoms with Crippen molar-refractivity contribution in [3.63, 3.8) is 0 Å². The van der Waals surface area contributed by atoms with E-state index in [9.17, 15) is 9.90 Å². The van der Waals surface area contributed by atoms with Gasteiger partial charge in [0.2, 0.25) is 0 Å². The van der Waals surface area contributed by atoms with Crippen molar-refractivity contribution in [1.82, 2.24) is 5.32 Å². The maximum atomic E-state index is 12.3. The van der Waals surface area contributed by atoms with Gasteiger partial charge in [0, 0.05) is 24.0 Å². The first-order chi connectivity index (χ1) is 12.5. The molecule has 0 bridgehead atoms. The van der Waals surface area contributed by atoms with Crippen molar-refractivity contribution in [3.8, 4) is 16.9 Å². The minimum Gasteiger partial charge on any atom is -0.491 e. The molecule has 0 saturated heterocycles. The molecule has 1 unspecified atom stereocenters. The smallest absolute Gasteiger partial charge is 0.344 e. The van der Waals surface area contributed by atoms with E-state index in [1.54, 1.807) is 12.1 Å². The maximum absolute atomic E-state index is 12.3. The van der Waals surface area contributed by atoms with E-state index in [1.165, 1.54) is 0 Å². The Balaban J connectivity index is 1.76. The normalized spacial score (nSPS) is 12.5. The summed E-state index contributed by atoms with van der Waals surface area (Å²) in [5.41, 5.74) is 1.43. The van der Waals surface area contributed by atoms with Crippen LogP contribution in [-0.4, -0.2) is 30.4 Å². The average Bonchev–Trinajstić information content (AvgIpc) is 2.64. The molecule has 136 valence electrons. The molecule has 0 radical (unpaired) electrons. The molecule has 0 saturated carbocycles. The fourth-order valence-corrected chi connectivity index (χ4v) is 2.62. The third-order valence-corrected chi connectivity index (χ3v) is 4.00. The number of aliphatic hydroxyl groups excluding tert-OH is 1. The van der Waals surface area contributed by atoms with Gasteiger partial charge < -0.3 is 19.6 Å². The van der Waals surface area contributed by atoms with E-state index < -0.39 is 6.10 Å². The zero-order chi connectivity index (χ0) is 18.5. The van der Waals surface area contributed by atoms with Crippen molar-refractivity contribution >= 4 is 11.0 Å². The van der Waals surface area contributed by atoms with Crippen LogP contribution in [0.1, 0.15) is 13.8 Å². The summed E-state index contributed by atoms with van der Waals surface area (Å²) in [7, 11) is 0. The second-order valence-corrected chi connectivity index (χ2v) is 6.54. The molecule has 0 spiro atoms. The lowest BCUT2D eigenvalue weighted by atomic mass is 10.1. The van der Waals surface area contributed by atoms with E-state index in [2.05, 4.69) is 5.32 Å². The molecule has 0 fully saturated rings. The molecule has 3 rings (SSSR count). The number of hydrogen-bond acceptors (Lipinski definition) is 5. The summed E-state index contributed by atoms with van der Waals surface area (Å²) in [6.07, 6.45) is -0.611. The Kier molecular flexibility index (Phi) is 5.71. The van der Waals surface area contributed by atoms with Crippen molar-refractivity contribution in [2.45, 2.75) is 26.0 Å². The molecule has 5 heteroatoms. The molecule has 3 aromatic rings. The fourth-order valence-electron chi connectivity index (χ4n) is 2.62. The van der Waals surface area contributed by atoms with Crippen LogP contribution in [0.4, 0.5) is 0 Å². The molecular weight excluding hydrogens is 330 g/mol. The molecule has 1 aromatic heterocycles. The summed E-state index contributed by atoms with van der Waals surface area (Å²) in [6, 6.07) is 16.9. The van der Waals surface area contributed by atoms with Crippen molar-refractivity contribution in [1.29, 1.82) is 0 Å². The number of benzene rings is 2. The molecule has 0 amide bonds. The van der Waals surface area contributed by atoms with Gasteiger partial charge in [-0.15, -0.1) is 0 Å². The second-order valence-electron chi connectivity index (χ2n) is 6.54. The first-order valence-corrected chi connectivity index (χ1v) is 8.70. The Morgan fingerprint density at radius 3 is 2.62 bits per heavy atom. The van der Waals surface area contributed by atoms with Crippen LogP contribution in [0.25, 0.3) is 22.1 Å². The third-order valence-electron chi connectivity index (χ3n) is 4.00. The van der Waals surface area contributed by atoms with Crippen LogP contribution in [0, 0.1) is 0 Å². The van der Waals surface area contributed by atoms with Crippen LogP contribution < -0.4 is 15.7 Å². The molecule has 26 heavy (non-hydrogen) atoms. The monoisotopic (exact) mass is 353 g/mol. The van der Waals surface area contributed by atoms with Crippen LogP contribution in [-0.2, 0) is 0 Å². The molecule has 2 N–H and O–H groups in total. The van der Waals surface area contributed by atoms with E-state index in [0.717, 1.165) is 10.9 Å². The van der Waals surface area contributed by atoms with Crippen LogP contribution in [0.3, 0.4) is 0 Å². The zero-order valence-corrected chi connectivity index (χ0v) is 14.9. The van der Waals surface area contributed by atoms with E-state index in [1.807, 2.05) is 56.3 Å². The fraction of sp³-hybridized carbons (Fsp3) is 0.286. The van der Waals surface area contributed by atoms with E-state index in [0.29, 0.717) is 29.5 Å². The zero-order valence-electron chi connectivity index (χ0n) is 14.9. The van der Waals surface area contributed by atoms with Crippen molar-refractivity contribution < 1.29 is 14.3 Å². The minimum atomic E-state index is -0.611. The first kappa shape index (κ1) is 18.2. The van der Waals surface area contributed by atoms with Gasteiger partial charge >= 0.3 is 5.63 Å². The topological polar surface area (TPSA) is 71.7 Å². The van der Waals surface area contributed by atoms with Gasteiger partial charge in [-0.05, 0) is 23.8 Å². The number of fused-ring (bicyclic) bond motifs is 1. The van der Waals surface area contributed by atoms with E-state index >= 15 is 0 Å². The maximum Gasteiger partial charge on any atom is 0.344 e. The Morgan fingerprint density at radius 2 is 1.88 bits per heavy atom. The highest BCUT2D eigenvalue weighted by molar-refractivity contribution is 5.82. The minimum absolute atomic E-state index is 0.164. The van der Waals surface area contributed by atoms with Crippen molar-refractivity contribution in [2.24, 2.45) is 0 Å². The first-order valence-electron chi connectivity index (χ1n) is 8.70. The number of aliphatic hydroxyl groups is 1. The van der Waals surface area contributed by atoms with Gasteiger partial charge in [-0.25, -0.2) is 4.79 Å². The van der Waals surface area contributed by atoms with E-state index in [4.69, 9.17) is 9.15 Å². The van der Waals surface area contributed by atoms with Crippen molar-refractivity contribution in [3.05, 3.63) is 65.0 Å². The van der Waals surface area contributed by atoms with Gasteiger partial charge in [-0.1, -0.05) is 44.2 Å². The molecule has 0 aliphatic rings. The Labute approximate surface area is 152 Å². The van der Waals surface area contributed by atoms with E-state index in [-0.39, 0.29) is 12.2 Å². The highest BCUT2D eigenvalue weighted by Gasteiger charge is 2.10. The number of hydrogen-bond donors (Lipinski definition) is 2. The van der Waals surface area contributed by atoms with Gasteiger partial charge in [0.15, 0.2) is 0 Å². The predicted molar refractivity (Wildman–Crippen MR) is 103 cm³/mol. The summed E-state index contributed by atoms with van der Waals surface area (Å²) in [4.78, 5) is 12.3. The largest absolute Gasteiger partial charge is 0.491 e. The lowest BCUT2D eigenvalue weighted by Gasteiger charge is -2.15. The van der Waals surface area contributed by atoms with Gasteiger partial charge in [0.05, 0.1) is 5.56 Å².